The van der Waals surface area contributed by atoms with Crippen LogP contribution in [0.5, 0.6) is 17.2 Å². The molecule has 0 spiro atoms. The fourth-order valence-corrected chi connectivity index (χ4v) is 2.71. The molecule has 1 aliphatic heterocycles. The van der Waals surface area contributed by atoms with E-state index in [2.05, 4.69) is 22.1 Å². The lowest BCUT2D eigenvalue weighted by molar-refractivity contribution is 0.174. The van der Waals surface area contributed by atoms with Crippen LogP contribution < -0.4 is 14.8 Å². The molecule has 0 radical (unpaired) electrons. The van der Waals surface area contributed by atoms with E-state index in [4.69, 9.17) is 9.47 Å². The Kier molecular flexibility index (Phi) is 3.57. The van der Waals surface area contributed by atoms with Crippen molar-refractivity contribution in [2.75, 3.05) is 13.3 Å². The molecule has 2 heterocycles. The number of rotatable bonds is 5. The fourth-order valence-electron chi connectivity index (χ4n) is 2.01. The van der Waals surface area contributed by atoms with Crippen molar-refractivity contribution in [1.29, 1.82) is 0 Å². The van der Waals surface area contributed by atoms with Gasteiger partial charge in [-0.2, -0.15) is 11.3 Å². The minimum absolute atomic E-state index is 0.226. The molecule has 0 amide bonds. The second kappa shape index (κ2) is 5.50. The molecule has 0 saturated heterocycles. The van der Waals surface area contributed by atoms with Gasteiger partial charge in [0.2, 0.25) is 6.79 Å². The van der Waals surface area contributed by atoms with Crippen LogP contribution in [0.2, 0.25) is 0 Å². The van der Waals surface area contributed by atoms with Gasteiger partial charge in [-0.1, -0.05) is 0 Å². The monoisotopic (exact) mass is 277 g/mol. The Morgan fingerprint density at radius 1 is 1.26 bits per heavy atom. The second-order valence-corrected chi connectivity index (χ2v) is 5.17. The van der Waals surface area contributed by atoms with Crippen LogP contribution in [0.1, 0.15) is 11.1 Å². The Morgan fingerprint density at radius 3 is 2.89 bits per heavy atom. The number of hydrogen-bond acceptors (Lipinski definition) is 5. The lowest BCUT2D eigenvalue weighted by Crippen LogP contribution is -2.16. The summed E-state index contributed by atoms with van der Waals surface area (Å²) >= 11 is 1.71. The molecule has 0 saturated carbocycles. The summed E-state index contributed by atoms with van der Waals surface area (Å²) in [7, 11) is 0. The molecule has 0 unspecified atom stereocenters. The molecular formula is C14H15NO3S. The van der Waals surface area contributed by atoms with Crippen LogP contribution in [0.3, 0.4) is 0 Å². The molecule has 0 fully saturated rings. The summed E-state index contributed by atoms with van der Waals surface area (Å²) in [4.78, 5) is 0. The summed E-state index contributed by atoms with van der Waals surface area (Å²) in [5, 5.41) is 17.4. The summed E-state index contributed by atoms with van der Waals surface area (Å²) in [6.45, 7) is 1.72. The number of nitrogens with one attached hydrogen (secondary N) is 1. The third kappa shape index (κ3) is 2.83. The molecule has 2 aromatic rings. The second-order valence-electron chi connectivity index (χ2n) is 4.39. The van der Waals surface area contributed by atoms with Crippen molar-refractivity contribution in [3.8, 4) is 17.2 Å². The Hall–Kier alpha value is -1.72. The van der Waals surface area contributed by atoms with Crippen molar-refractivity contribution < 1.29 is 14.6 Å². The Bertz CT molecular complexity index is 554. The zero-order valence-corrected chi connectivity index (χ0v) is 11.2. The van der Waals surface area contributed by atoms with Crippen molar-refractivity contribution in [3.63, 3.8) is 0 Å². The van der Waals surface area contributed by atoms with Crippen LogP contribution in [0.25, 0.3) is 0 Å². The van der Waals surface area contributed by atoms with Crippen LogP contribution >= 0.6 is 11.3 Å². The first-order valence-corrected chi connectivity index (χ1v) is 7.10. The Labute approximate surface area is 115 Å². The minimum atomic E-state index is 0.226. The van der Waals surface area contributed by atoms with Gasteiger partial charge in [0.1, 0.15) is 5.75 Å². The standard InChI is InChI=1S/C14H15NO3S/c16-12-6-14-13(17-9-18-14)5-11(12)7-15-3-1-10-2-4-19-8-10/h2,4-6,8,15-16H,1,3,7,9H2. The lowest BCUT2D eigenvalue weighted by Gasteiger charge is -2.07. The number of phenolic OH excluding ortho intramolecular Hbond substituents is 1. The molecule has 1 aromatic carbocycles. The number of fused-ring (bicyclic) bond motifs is 1. The van der Waals surface area contributed by atoms with Crippen LogP contribution in [0, 0.1) is 0 Å². The number of benzene rings is 1. The molecular weight excluding hydrogens is 262 g/mol. The summed E-state index contributed by atoms with van der Waals surface area (Å²) in [6.07, 6.45) is 0.995. The Balaban J connectivity index is 1.55. The van der Waals surface area contributed by atoms with Crippen LogP contribution in [-0.4, -0.2) is 18.4 Å². The van der Waals surface area contributed by atoms with E-state index in [9.17, 15) is 5.11 Å². The van der Waals surface area contributed by atoms with Crippen molar-refractivity contribution in [2.45, 2.75) is 13.0 Å². The molecule has 19 heavy (non-hydrogen) atoms. The maximum Gasteiger partial charge on any atom is 0.231 e. The highest BCUT2D eigenvalue weighted by Gasteiger charge is 2.16. The fraction of sp³-hybridized carbons (Fsp3) is 0.286. The third-order valence-corrected chi connectivity index (χ3v) is 3.79. The average Bonchev–Trinajstić information content (AvgIpc) is 3.05. The molecule has 4 nitrogen and oxygen atoms in total. The zero-order chi connectivity index (χ0) is 13.1. The van der Waals surface area contributed by atoms with Gasteiger partial charge in [-0.05, 0) is 41.4 Å². The maximum atomic E-state index is 9.88. The number of ether oxygens (including phenoxy) is 2. The number of aromatic hydroxyl groups is 1. The first kappa shape index (κ1) is 12.3. The summed E-state index contributed by atoms with van der Waals surface area (Å²) in [5.41, 5.74) is 2.17. The van der Waals surface area contributed by atoms with Crippen molar-refractivity contribution in [1.82, 2.24) is 5.32 Å². The van der Waals surface area contributed by atoms with E-state index in [0.717, 1.165) is 18.5 Å². The highest BCUT2D eigenvalue weighted by Crippen LogP contribution is 2.37. The van der Waals surface area contributed by atoms with E-state index in [-0.39, 0.29) is 12.5 Å². The largest absolute Gasteiger partial charge is 0.507 e. The molecule has 0 bridgehead atoms. The highest BCUT2D eigenvalue weighted by molar-refractivity contribution is 7.07. The van der Waals surface area contributed by atoms with E-state index in [1.165, 1.54) is 5.56 Å². The third-order valence-electron chi connectivity index (χ3n) is 3.06. The van der Waals surface area contributed by atoms with Crippen molar-refractivity contribution in [3.05, 3.63) is 40.1 Å². The van der Waals surface area contributed by atoms with Gasteiger partial charge in [0.15, 0.2) is 11.5 Å². The van der Waals surface area contributed by atoms with E-state index in [1.54, 1.807) is 17.4 Å². The summed E-state index contributed by atoms with van der Waals surface area (Å²) in [6, 6.07) is 5.57. The molecule has 1 aromatic heterocycles. The number of phenols is 1. The van der Waals surface area contributed by atoms with Gasteiger partial charge in [-0.15, -0.1) is 0 Å². The topological polar surface area (TPSA) is 50.7 Å². The summed E-state index contributed by atoms with van der Waals surface area (Å²) < 4.78 is 10.5. The van der Waals surface area contributed by atoms with Crippen molar-refractivity contribution in [2.24, 2.45) is 0 Å². The zero-order valence-electron chi connectivity index (χ0n) is 10.4. The Morgan fingerprint density at radius 2 is 2.11 bits per heavy atom. The highest BCUT2D eigenvalue weighted by atomic mass is 32.1. The van der Waals surface area contributed by atoms with Gasteiger partial charge < -0.3 is 19.9 Å². The predicted molar refractivity (Wildman–Crippen MR) is 74.0 cm³/mol. The molecule has 100 valence electrons. The molecule has 0 atom stereocenters. The first-order valence-electron chi connectivity index (χ1n) is 6.16. The lowest BCUT2D eigenvalue weighted by atomic mass is 10.1. The van der Waals surface area contributed by atoms with Gasteiger partial charge in [0.25, 0.3) is 0 Å². The van der Waals surface area contributed by atoms with E-state index < -0.39 is 0 Å². The smallest absolute Gasteiger partial charge is 0.231 e. The van der Waals surface area contributed by atoms with Crippen LogP contribution in [0.15, 0.2) is 29.0 Å². The van der Waals surface area contributed by atoms with Crippen LogP contribution in [-0.2, 0) is 13.0 Å². The number of hydrogen-bond donors (Lipinski definition) is 2. The van der Waals surface area contributed by atoms with Gasteiger partial charge in [0.05, 0.1) is 0 Å². The van der Waals surface area contributed by atoms with Gasteiger partial charge in [0, 0.05) is 18.2 Å². The minimum Gasteiger partial charge on any atom is -0.507 e. The van der Waals surface area contributed by atoms with E-state index in [1.807, 2.05) is 6.07 Å². The molecule has 5 heteroatoms. The molecule has 0 aliphatic carbocycles. The van der Waals surface area contributed by atoms with Gasteiger partial charge >= 0.3 is 0 Å². The van der Waals surface area contributed by atoms with Gasteiger partial charge in [-0.3, -0.25) is 0 Å². The van der Waals surface area contributed by atoms with Crippen molar-refractivity contribution >= 4 is 11.3 Å². The average molecular weight is 277 g/mol. The number of thiophene rings is 1. The van der Waals surface area contributed by atoms with Crippen LogP contribution in [0.4, 0.5) is 0 Å². The summed E-state index contributed by atoms with van der Waals surface area (Å²) in [5.74, 6) is 1.55. The maximum absolute atomic E-state index is 9.88. The van der Waals surface area contributed by atoms with Gasteiger partial charge in [-0.25, -0.2) is 0 Å². The molecule has 3 rings (SSSR count). The quantitative estimate of drug-likeness (QED) is 0.825. The molecule has 1 aliphatic rings. The van der Waals surface area contributed by atoms with E-state index >= 15 is 0 Å². The SMILES string of the molecule is Oc1cc2c(cc1CNCCc1ccsc1)OCO2. The predicted octanol–water partition coefficient (Wildman–Crippen LogP) is 2.51. The normalized spacial score (nSPS) is 12.8. The van der Waals surface area contributed by atoms with E-state index in [0.29, 0.717) is 18.0 Å². The molecule has 2 N–H and O–H groups in total. The first-order chi connectivity index (χ1) is 9.33.